The topological polar surface area (TPSA) is 94.1 Å². The van der Waals surface area contributed by atoms with E-state index in [1.165, 1.54) is 0 Å². The predicted molar refractivity (Wildman–Crippen MR) is 93.9 cm³/mol. The van der Waals surface area contributed by atoms with E-state index in [1.807, 2.05) is 0 Å². The van der Waals surface area contributed by atoms with E-state index in [1.54, 1.807) is 47.8 Å². The van der Waals surface area contributed by atoms with Gasteiger partial charge in [-0.25, -0.2) is 5.43 Å². The highest BCUT2D eigenvalue weighted by Gasteiger charge is 2.79. The zero-order chi connectivity index (χ0) is 19.5. The van der Waals surface area contributed by atoms with Crippen LogP contribution in [0.5, 0.6) is 0 Å². The monoisotopic (exact) mass is 364 g/mol. The Kier molecular flexibility index (Phi) is 4.20. The summed E-state index contributed by atoms with van der Waals surface area (Å²) in [7, 11) is 0. The van der Waals surface area contributed by atoms with E-state index in [2.05, 4.69) is 10.5 Å². The van der Waals surface area contributed by atoms with Crippen LogP contribution in [0, 0.1) is 34.0 Å². The first-order valence-corrected chi connectivity index (χ1v) is 9.11. The quantitative estimate of drug-likeness (QED) is 0.772. The van der Waals surface area contributed by atoms with Gasteiger partial charge in [0.05, 0.1) is 23.4 Å². The Hall–Kier alpha value is -1.92. The summed E-state index contributed by atoms with van der Waals surface area (Å²) in [6, 6.07) is 0. The first-order valence-electron chi connectivity index (χ1n) is 9.11. The highest BCUT2D eigenvalue weighted by molar-refractivity contribution is 5.95. The molecule has 0 radical (unpaired) electrons. The van der Waals surface area contributed by atoms with Crippen LogP contribution in [-0.2, 0) is 23.9 Å². The SMILES string of the molecule is CC(C)(C)C(=O)OC[C@@H]1C[C@@H](OC(=O)C(C)(C)C)[C@@H]2[C@H]3C(=O)NN=C[C@@]123. The summed E-state index contributed by atoms with van der Waals surface area (Å²) in [6.07, 6.45) is 1.96. The maximum Gasteiger partial charge on any atom is 0.311 e. The Labute approximate surface area is 153 Å². The van der Waals surface area contributed by atoms with E-state index in [0.29, 0.717) is 6.42 Å². The molecule has 0 saturated heterocycles. The Balaban J connectivity index is 1.77. The molecule has 2 fully saturated rings. The molecule has 1 spiro atoms. The average molecular weight is 364 g/mol. The molecule has 3 aliphatic rings. The zero-order valence-electron chi connectivity index (χ0n) is 16.3. The molecule has 5 atom stereocenters. The summed E-state index contributed by atoms with van der Waals surface area (Å²) in [5.41, 5.74) is 0.825. The van der Waals surface area contributed by atoms with Gasteiger partial charge in [-0.1, -0.05) is 0 Å². The molecule has 26 heavy (non-hydrogen) atoms. The summed E-state index contributed by atoms with van der Waals surface area (Å²) in [5.74, 6) is -1.18. The minimum absolute atomic E-state index is 0.0867. The van der Waals surface area contributed by atoms with Gasteiger partial charge in [0.25, 0.3) is 0 Å². The van der Waals surface area contributed by atoms with Crippen LogP contribution in [0.2, 0.25) is 0 Å². The fourth-order valence-corrected chi connectivity index (χ4v) is 4.13. The number of carbonyl (C=O) groups excluding carboxylic acids is 3. The van der Waals surface area contributed by atoms with Crippen LogP contribution in [0.4, 0.5) is 0 Å². The number of esters is 2. The molecule has 2 saturated carbocycles. The van der Waals surface area contributed by atoms with Gasteiger partial charge < -0.3 is 9.47 Å². The molecule has 0 aromatic carbocycles. The van der Waals surface area contributed by atoms with Gasteiger partial charge in [0, 0.05) is 23.5 Å². The second-order valence-corrected chi connectivity index (χ2v) is 9.71. The van der Waals surface area contributed by atoms with E-state index < -0.39 is 16.2 Å². The third-order valence-electron chi connectivity index (χ3n) is 5.63. The minimum Gasteiger partial charge on any atom is -0.465 e. The van der Waals surface area contributed by atoms with Gasteiger partial charge in [-0.2, -0.15) is 5.10 Å². The number of hydrazone groups is 1. The highest BCUT2D eigenvalue weighted by Crippen LogP contribution is 2.71. The molecule has 1 aliphatic heterocycles. The van der Waals surface area contributed by atoms with Gasteiger partial charge in [-0.15, -0.1) is 0 Å². The average Bonchev–Trinajstić information content (AvgIpc) is 3.11. The molecule has 0 aromatic rings. The van der Waals surface area contributed by atoms with Gasteiger partial charge in [0.2, 0.25) is 5.91 Å². The molecule has 0 unspecified atom stereocenters. The highest BCUT2D eigenvalue weighted by atomic mass is 16.5. The van der Waals surface area contributed by atoms with E-state index >= 15 is 0 Å². The molecule has 7 nitrogen and oxygen atoms in total. The predicted octanol–water partition coefficient (Wildman–Crippen LogP) is 1.90. The standard InChI is InChI=1S/C19H28N2O5/c1-17(2,3)15(23)25-8-10-7-11(26-16(24)18(4,5)6)12-13-14(22)21-20-9-19(10,12)13/h9-13H,7-8H2,1-6H3,(H,21,22)/t10-,11+,12+,13-,19+/m0/s1. The van der Waals surface area contributed by atoms with Crippen LogP contribution in [-0.4, -0.2) is 36.8 Å². The molecule has 144 valence electrons. The first kappa shape index (κ1) is 18.9. The molecule has 1 amide bonds. The van der Waals surface area contributed by atoms with Crippen LogP contribution in [0.25, 0.3) is 0 Å². The summed E-state index contributed by atoms with van der Waals surface area (Å²) in [4.78, 5) is 36.7. The van der Waals surface area contributed by atoms with Crippen molar-refractivity contribution in [1.82, 2.24) is 5.43 Å². The second-order valence-electron chi connectivity index (χ2n) is 9.71. The molecule has 1 N–H and O–H groups in total. The summed E-state index contributed by atoms with van der Waals surface area (Å²) in [6.45, 7) is 11.0. The van der Waals surface area contributed by atoms with Crippen LogP contribution in [0.3, 0.4) is 0 Å². The van der Waals surface area contributed by atoms with Crippen molar-refractivity contribution in [1.29, 1.82) is 0 Å². The van der Waals surface area contributed by atoms with E-state index in [4.69, 9.17) is 9.47 Å². The third kappa shape index (κ3) is 2.91. The maximum atomic E-state index is 12.3. The number of carbonyl (C=O) groups is 3. The Morgan fingerprint density at radius 3 is 2.38 bits per heavy atom. The van der Waals surface area contributed by atoms with Crippen molar-refractivity contribution < 1.29 is 23.9 Å². The van der Waals surface area contributed by atoms with Gasteiger partial charge in [-0.05, 0) is 48.0 Å². The molecule has 2 aliphatic carbocycles. The summed E-state index contributed by atoms with van der Waals surface area (Å²) >= 11 is 0. The number of rotatable bonds is 3. The molecular formula is C19H28N2O5. The number of fused-ring (bicyclic) bond motifs is 1. The van der Waals surface area contributed by atoms with Crippen LogP contribution < -0.4 is 5.43 Å². The molecule has 0 bridgehead atoms. The van der Waals surface area contributed by atoms with Crippen molar-refractivity contribution >= 4 is 24.1 Å². The van der Waals surface area contributed by atoms with Crippen LogP contribution in [0.1, 0.15) is 48.0 Å². The molecule has 3 rings (SSSR count). The number of amides is 1. The lowest BCUT2D eigenvalue weighted by Gasteiger charge is -2.27. The minimum atomic E-state index is -0.611. The van der Waals surface area contributed by atoms with Crippen molar-refractivity contribution in [2.24, 2.45) is 39.1 Å². The normalized spacial score (nSPS) is 35.2. The van der Waals surface area contributed by atoms with Gasteiger partial charge in [-0.3, -0.25) is 14.4 Å². The second kappa shape index (κ2) is 5.79. The number of hydrogen-bond acceptors (Lipinski definition) is 6. The molecule has 1 heterocycles. The third-order valence-corrected chi connectivity index (χ3v) is 5.63. The van der Waals surface area contributed by atoms with Gasteiger partial charge in [0.15, 0.2) is 0 Å². The Morgan fingerprint density at radius 1 is 1.19 bits per heavy atom. The number of nitrogens with one attached hydrogen (secondary N) is 1. The van der Waals surface area contributed by atoms with E-state index in [0.717, 1.165) is 0 Å². The van der Waals surface area contributed by atoms with Crippen molar-refractivity contribution in [2.75, 3.05) is 6.61 Å². The van der Waals surface area contributed by atoms with Crippen molar-refractivity contribution in [3.05, 3.63) is 0 Å². The van der Waals surface area contributed by atoms with E-state index in [9.17, 15) is 14.4 Å². The van der Waals surface area contributed by atoms with Crippen LogP contribution in [0.15, 0.2) is 5.10 Å². The van der Waals surface area contributed by atoms with E-state index in [-0.39, 0.29) is 48.3 Å². The zero-order valence-corrected chi connectivity index (χ0v) is 16.3. The van der Waals surface area contributed by atoms with Crippen molar-refractivity contribution in [3.63, 3.8) is 0 Å². The molecule has 0 aromatic heterocycles. The Bertz CT molecular complexity index is 672. The summed E-state index contributed by atoms with van der Waals surface area (Å²) in [5, 5.41) is 4.00. The lowest BCUT2D eigenvalue weighted by molar-refractivity contribution is -0.161. The number of ether oxygens (including phenoxy) is 2. The fraction of sp³-hybridized carbons (Fsp3) is 0.789. The summed E-state index contributed by atoms with van der Waals surface area (Å²) < 4.78 is 11.3. The van der Waals surface area contributed by atoms with Gasteiger partial charge >= 0.3 is 11.9 Å². The lowest BCUT2D eigenvalue weighted by atomic mass is 9.87. The largest absolute Gasteiger partial charge is 0.465 e. The first-order chi connectivity index (χ1) is 11.9. The van der Waals surface area contributed by atoms with Gasteiger partial charge in [0.1, 0.15) is 6.10 Å². The smallest absolute Gasteiger partial charge is 0.311 e. The fourth-order valence-electron chi connectivity index (χ4n) is 4.13. The lowest BCUT2D eigenvalue weighted by Crippen LogP contribution is -2.37. The molecular weight excluding hydrogens is 336 g/mol. The number of hydrogen-bond donors (Lipinski definition) is 1. The van der Waals surface area contributed by atoms with Crippen molar-refractivity contribution in [3.8, 4) is 0 Å². The Morgan fingerprint density at radius 2 is 1.81 bits per heavy atom. The van der Waals surface area contributed by atoms with Crippen molar-refractivity contribution in [2.45, 2.75) is 54.1 Å². The molecule has 7 heteroatoms. The number of nitrogens with zero attached hydrogens (tertiary/aromatic N) is 1. The maximum absolute atomic E-state index is 12.3. The van der Waals surface area contributed by atoms with Crippen LogP contribution >= 0.6 is 0 Å².